The summed E-state index contributed by atoms with van der Waals surface area (Å²) in [6.45, 7) is 0. The smallest absolute Gasteiger partial charge is 0.165 e. The fourth-order valence-corrected chi connectivity index (χ4v) is 6.37. The maximum absolute atomic E-state index is 8.77. The molecule has 0 atom stereocenters. The molecule has 0 fully saturated rings. The lowest BCUT2D eigenvalue weighted by atomic mass is 9.92. The lowest BCUT2D eigenvalue weighted by Gasteiger charge is -2.12. The average Bonchev–Trinajstić information content (AvgIpc) is 3.52. The quantitative estimate of drug-likeness (QED) is 0.196. The lowest BCUT2D eigenvalue weighted by molar-refractivity contribution is 1.14. The highest BCUT2D eigenvalue weighted by atomic mass is 15.1. The molecule has 47 heavy (non-hydrogen) atoms. The van der Waals surface area contributed by atoms with Crippen LogP contribution < -0.4 is 0 Å². The predicted molar refractivity (Wildman–Crippen MR) is 196 cm³/mol. The van der Waals surface area contributed by atoms with Gasteiger partial charge in [0, 0.05) is 11.1 Å². The summed E-state index contributed by atoms with van der Waals surface area (Å²) < 4.78 is 44.6. The second-order valence-corrected chi connectivity index (χ2v) is 11.5. The molecule has 220 valence electrons. The third kappa shape index (κ3) is 4.86. The third-order valence-corrected chi connectivity index (χ3v) is 8.65. The van der Waals surface area contributed by atoms with Crippen LogP contribution in [0.3, 0.4) is 0 Å². The summed E-state index contributed by atoms with van der Waals surface area (Å²) in [4.78, 5) is 10.3. The zero-order chi connectivity index (χ0) is 35.5. The predicted octanol–water partition coefficient (Wildman–Crippen LogP) is 11.4. The Kier molecular flexibility index (Phi) is 5.32. The van der Waals surface area contributed by atoms with Crippen molar-refractivity contribution < 1.29 is 6.85 Å². The van der Waals surface area contributed by atoms with Crippen LogP contribution in [0.4, 0.5) is 0 Å². The Labute approximate surface area is 280 Å². The molecule has 2 aromatic heterocycles. The largest absolute Gasteiger partial charge is 0.293 e. The molecule has 0 unspecified atom stereocenters. The van der Waals surface area contributed by atoms with Crippen molar-refractivity contribution in [3.63, 3.8) is 0 Å². The summed E-state index contributed by atoms with van der Waals surface area (Å²) in [7, 11) is 0. The summed E-state index contributed by atoms with van der Waals surface area (Å²) in [5, 5.41) is 1.01. The van der Waals surface area contributed by atoms with Crippen molar-refractivity contribution in [3.8, 4) is 50.2 Å². The van der Waals surface area contributed by atoms with Crippen molar-refractivity contribution >= 4 is 33.1 Å². The van der Waals surface area contributed by atoms with Crippen LogP contribution >= 0.6 is 0 Å². The Bertz CT molecular complexity index is 2800. The van der Waals surface area contributed by atoms with E-state index in [1.165, 1.54) is 0 Å². The molecule has 0 saturated carbocycles. The van der Waals surface area contributed by atoms with Crippen LogP contribution in [0.5, 0.6) is 0 Å². The monoisotopic (exact) mass is 604 g/mol. The summed E-state index contributed by atoms with van der Waals surface area (Å²) in [5.41, 5.74) is 11.4. The Morgan fingerprint density at radius 3 is 1.74 bits per heavy atom. The Morgan fingerprint density at radius 1 is 0.426 bits per heavy atom. The van der Waals surface area contributed by atoms with Gasteiger partial charge in [0.1, 0.15) is 5.52 Å². The van der Waals surface area contributed by atoms with Gasteiger partial charge < -0.3 is 0 Å². The molecule has 0 bridgehead atoms. The van der Waals surface area contributed by atoms with E-state index < -0.39 is 6.04 Å². The number of hydrogen-bond acceptors (Lipinski definition) is 2. The number of rotatable bonds is 5. The van der Waals surface area contributed by atoms with E-state index in [-0.39, 0.29) is 29.7 Å². The number of aromatic nitrogens is 3. The van der Waals surface area contributed by atoms with Crippen molar-refractivity contribution in [1.29, 1.82) is 0 Å². The summed E-state index contributed by atoms with van der Waals surface area (Å²) in [6, 6.07) is 47.0. The number of para-hydroxylation sites is 2. The fraction of sp³-hybridized carbons (Fsp3) is 0. The van der Waals surface area contributed by atoms with Gasteiger partial charge in [0.15, 0.2) is 5.65 Å². The molecule has 0 radical (unpaired) electrons. The van der Waals surface area contributed by atoms with Crippen molar-refractivity contribution in [2.45, 2.75) is 0 Å². The Hall–Kier alpha value is -6.32. The molecule has 0 aliphatic heterocycles. The molecular formula is C44H29N3. The molecule has 7 aromatic carbocycles. The molecule has 3 nitrogen and oxygen atoms in total. The molecule has 0 N–H and O–H groups in total. The average molecular weight is 605 g/mol. The van der Waals surface area contributed by atoms with Gasteiger partial charge in [0.05, 0.1) is 23.4 Å². The highest BCUT2D eigenvalue weighted by molar-refractivity contribution is 6.07. The van der Waals surface area contributed by atoms with Crippen molar-refractivity contribution in [3.05, 3.63) is 176 Å². The fourth-order valence-electron chi connectivity index (χ4n) is 6.37. The van der Waals surface area contributed by atoms with Crippen LogP contribution in [0.15, 0.2) is 176 Å². The van der Waals surface area contributed by atoms with E-state index >= 15 is 0 Å². The van der Waals surface area contributed by atoms with Gasteiger partial charge in [-0.25, -0.2) is 9.97 Å². The maximum atomic E-state index is 8.77. The number of hydrogen-bond donors (Lipinski definition) is 0. The van der Waals surface area contributed by atoms with E-state index in [1.807, 2.05) is 78.9 Å². The van der Waals surface area contributed by atoms with Crippen LogP contribution in [0, 0.1) is 0 Å². The normalized spacial score (nSPS) is 12.9. The van der Waals surface area contributed by atoms with Crippen LogP contribution in [0.1, 0.15) is 6.85 Å². The van der Waals surface area contributed by atoms with E-state index in [9.17, 15) is 0 Å². The van der Waals surface area contributed by atoms with Gasteiger partial charge in [-0.05, 0) is 93.0 Å². The zero-order valence-electron chi connectivity index (χ0n) is 30.2. The zero-order valence-corrected chi connectivity index (χ0v) is 25.2. The van der Waals surface area contributed by atoms with Gasteiger partial charge in [0.25, 0.3) is 0 Å². The standard InChI is InChI=1S/C44H29N3/c1-4-12-30(13-5-1)32-20-22-33(23-21-32)36-26-35(31-14-6-2-7-15-31)27-37(28-36)34-24-25-40-41(29-34)45-43-39-18-10-11-19-42(39)47(44(43)46-40)38-16-8-3-9-17-38/h1-29H/i2D,6D,7D,14D,15D. The lowest BCUT2D eigenvalue weighted by Crippen LogP contribution is -1.96. The van der Waals surface area contributed by atoms with Crippen LogP contribution in [-0.4, -0.2) is 14.5 Å². The first-order valence-electron chi connectivity index (χ1n) is 18.0. The first kappa shape index (κ1) is 22.2. The molecule has 0 spiro atoms. The highest BCUT2D eigenvalue weighted by Gasteiger charge is 2.16. The summed E-state index contributed by atoms with van der Waals surface area (Å²) in [6.07, 6.45) is 0. The SMILES string of the molecule is [2H]c1c([2H])c([2H])c(-c2cc(-c3ccc(-c4ccccc4)cc3)cc(-c3ccc4nc5c(nc4c3)c3ccccc3n5-c3ccccc3)c2)c([2H])c1[2H]. The minimum atomic E-state index is -0.417. The molecule has 2 heterocycles. The first-order chi connectivity index (χ1) is 25.4. The molecule has 0 aliphatic carbocycles. The molecule has 9 aromatic rings. The summed E-state index contributed by atoms with van der Waals surface area (Å²) in [5.74, 6) is 0. The van der Waals surface area contributed by atoms with Crippen molar-refractivity contribution in [2.75, 3.05) is 0 Å². The Balaban J connectivity index is 1.24. The third-order valence-electron chi connectivity index (χ3n) is 8.65. The van der Waals surface area contributed by atoms with Gasteiger partial charge in [-0.2, -0.15) is 0 Å². The van der Waals surface area contributed by atoms with Crippen LogP contribution in [0.2, 0.25) is 0 Å². The van der Waals surface area contributed by atoms with Gasteiger partial charge in [-0.15, -0.1) is 0 Å². The minimum Gasteiger partial charge on any atom is -0.293 e. The molecule has 0 amide bonds. The van der Waals surface area contributed by atoms with Crippen molar-refractivity contribution in [1.82, 2.24) is 14.5 Å². The molecule has 0 saturated heterocycles. The molecular weight excluding hydrogens is 571 g/mol. The topological polar surface area (TPSA) is 30.7 Å². The molecule has 0 aliphatic rings. The second kappa shape index (κ2) is 11.2. The van der Waals surface area contributed by atoms with E-state index in [1.54, 1.807) is 0 Å². The van der Waals surface area contributed by atoms with E-state index in [4.69, 9.17) is 16.8 Å². The van der Waals surface area contributed by atoms with E-state index in [0.29, 0.717) is 5.56 Å². The van der Waals surface area contributed by atoms with Gasteiger partial charge in [-0.1, -0.05) is 127 Å². The van der Waals surface area contributed by atoms with Gasteiger partial charge in [-0.3, -0.25) is 4.57 Å². The molecule has 9 rings (SSSR count). The Morgan fingerprint density at radius 2 is 1.00 bits per heavy atom. The van der Waals surface area contributed by atoms with Crippen LogP contribution in [-0.2, 0) is 0 Å². The molecule has 3 heteroatoms. The summed E-state index contributed by atoms with van der Waals surface area (Å²) >= 11 is 0. The number of benzene rings is 7. The minimum absolute atomic E-state index is 0.158. The second-order valence-electron chi connectivity index (χ2n) is 11.5. The highest BCUT2D eigenvalue weighted by Crippen LogP contribution is 2.36. The number of fused-ring (bicyclic) bond motifs is 4. The van der Waals surface area contributed by atoms with Crippen LogP contribution in [0.25, 0.3) is 83.3 Å². The van der Waals surface area contributed by atoms with E-state index in [0.717, 1.165) is 72.2 Å². The van der Waals surface area contributed by atoms with Gasteiger partial charge >= 0.3 is 0 Å². The maximum Gasteiger partial charge on any atom is 0.165 e. The van der Waals surface area contributed by atoms with Crippen molar-refractivity contribution in [2.24, 2.45) is 0 Å². The van der Waals surface area contributed by atoms with Gasteiger partial charge in [0.2, 0.25) is 0 Å². The first-order valence-corrected chi connectivity index (χ1v) is 15.5. The van der Waals surface area contributed by atoms with E-state index in [2.05, 4.69) is 71.3 Å². The number of nitrogens with zero attached hydrogens (tertiary/aromatic N) is 3.